The molecule has 0 aromatic heterocycles. The summed E-state index contributed by atoms with van der Waals surface area (Å²) in [5.41, 5.74) is 2.55. The standard InChI is InChI=1S/C16H26O2Si2/c1-19(2,3)15-12-9-7-11(17)8-10-13(12)16(14(15)18)20(4,5)6/h7-10H2,1-6H3. The fraction of sp³-hybridized carbons (Fsp3) is 0.625. The fourth-order valence-electron chi connectivity index (χ4n) is 3.49. The normalized spacial score (nSPS) is 21.5. The van der Waals surface area contributed by atoms with Gasteiger partial charge < -0.3 is 0 Å². The van der Waals surface area contributed by atoms with E-state index in [1.807, 2.05) is 0 Å². The van der Waals surface area contributed by atoms with Crippen LogP contribution in [0.25, 0.3) is 0 Å². The molecule has 0 bridgehead atoms. The molecule has 0 N–H and O–H groups in total. The van der Waals surface area contributed by atoms with E-state index in [-0.39, 0.29) is 0 Å². The average Bonchev–Trinajstić information content (AvgIpc) is 2.43. The Bertz CT molecular complexity index is 494. The van der Waals surface area contributed by atoms with Crippen molar-refractivity contribution in [2.75, 3.05) is 0 Å². The third-order valence-corrected chi connectivity index (χ3v) is 8.29. The number of hydrogen-bond acceptors (Lipinski definition) is 2. The first-order valence-corrected chi connectivity index (χ1v) is 14.6. The highest BCUT2D eigenvalue weighted by atomic mass is 28.3. The number of ketones is 2. The topological polar surface area (TPSA) is 34.1 Å². The van der Waals surface area contributed by atoms with E-state index >= 15 is 0 Å². The zero-order valence-electron chi connectivity index (χ0n) is 13.6. The van der Waals surface area contributed by atoms with Crippen LogP contribution in [0.2, 0.25) is 39.3 Å². The summed E-state index contributed by atoms with van der Waals surface area (Å²) in [5.74, 6) is 0.708. The van der Waals surface area contributed by atoms with Gasteiger partial charge in [-0.25, -0.2) is 0 Å². The van der Waals surface area contributed by atoms with Crippen LogP contribution in [-0.2, 0) is 9.59 Å². The van der Waals surface area contributed by atoms with Crippen molar-refractivity contribution in [3.63, 3.8) is 0 Å². The fourth-order valence-corrected chi connectivity index (χ4v) is 7.59. The average molecular weight is 307 g/mol. The van der Waals surface area contributed by atoms with Crippen LogP contribution in [0.5, 0.6) is 0 Å². The zero-order valence-corrected chi connectivity index (χ0v) is 15.6. The van der Waals surface area contributed by atoms with Gasteiger partial charge in [0, 0.05) is 12.8 Å². The van der Waals surface area contributed by atoms with Crippen LogP contribution in [0.15, 0.2) is 21.5 Å². The van der Waals surface area contributed by atoms with E-state index in [0.717, 1.165) is 23.2 Å². The molecule has 0 radical (unpaired) electrons. The van der Waals surface area contributed by atoms with Crippen molar-refractivity contribution in [3.8, 4) is 0 Å². The van der Waals surface area contributed by atoms with Gasteiger partial charge in [-0.05, 0) is 34.4 Å². The lowest BCUT2D eigenvalue weighted by Crippen LogP contribution is -2.35. The zero-order chi connectivity index (χ0) is 15.3. The van der Waals surface area contributed by atoms with E-state index < -0.39 is 16.1 Å². The van der Waals surface area contributed by atoms with E-state index in [1.165, 1.54) is 11.1 Å². The van der Waals surface area contributed by atoms with Crippen LogP contribution >= 0.6 is 0 Å². The van der Waals surface area contributed by atoms with Crippen molar-refractivity contribution in [3.05, 3.63) is 21.5 Å². The van der Waals surface area contributed by atoms with Gasteiger partial charge in [0.25, 0.3) is 0 Å². The van der Waals surface area contributed by atoms with Gasteiger partial charge in [0.1, 0.15) is 5.78 Å². The highest BCUT2D eigenvalue weighted by Gasteiger charge is 2.43. The maximum atomic E-state index is 13.0. The molecule has 0 aliphatic heterocycles. The minimum absolute atomic E-state index is 0.350. The molecule has 0 unspecified atom stereocenters. The van der Waals surface area contributed by atoms with Crippen LogP contribution < -0.4 is 0 Å². The summed E-state index contributed by atoms with van der Waals surface area (Å²) in [6.07, 6.45) is 2.85. The summed E-state index contributed by atoms with van der Waals surface area (Å²) in [4.78, 5) is 24.8. The third-order valence-electron chi connectivity index (χ3n) is 4.23. The van der Waals surface area contributed by atoms with Gasteiger partial charge in [0.2, 0.25) is 0 Å². The molecule has 2 nitrogen and oxygen atoms in total. The highest BCUT2D eigenvalue weighted by molar-refractivity contribution is 6.94. The van der Waals surface area contributed by atoms with Gasteiger partial charge in [0.15, 0.2) is 5.78 Å². The Morgan fingerprint density at radius 1 is 0.650 bits per heavy atom. The van der Waals surface area contributed by atoms with Gasteiger partial charge >= 0.3 is 0 Å². The van der Waals surface area contributed by atoms with E-state index in [9.17, 15) is 9.59 Å². The van der Waals surface area contributed by atoms with Crippen LogP contribution in [0.4, 0.5) is 0 Å². The largest absolute Gasteiger partial charge is 0.300 e. The Kier molecular flexibility index (Phi) is 3.84. The van der Waals surface area contributed by atoms with Gasteiger partial charge in [-0.3, -0.25) is 9.59 Å². The van der Waals surface area contributed by atoms with Crippen LogP contribution in [0.3, 0.4) is 0 Å². The Balaban J connectivity index is 2.63. The van der Waals surface area contributed by atoms with Crippen LogP contribution in [0, 0.1) is 0 Å². The maximum absolute atomic E-state index is 13.0. The number of hydrogen-bond donors (Lipinski definition) is 0. The lowest BCUT2D eigenvalue weighted by molar-refractivity contribution is -0.119. The maximum Gasteiger partial charge on any atom is 0.177 e. The molecular weight excluding hydrogens is 280 g/mol. The molecule has 2 rings (SSSR count). The van der Waals surface area contributed by atoms with Gasteiger partial charge in [0.05, 0.1) is 16.1 Å². The molecule has 2 aliphatic rings. The van der Waals surface area contributed by atoms with E-state index in [2.05, 4.69) is 39.3 Å². The van der Waals surface area contributed by atoms with Gasteiger partial charge in [-0.15, -0.1) is 0 Å². The lowest BCUT2D eigenvalue weighted by Gasteiger charge is -2.23. The number of carbonyl (C=O) groups excluding carboxylic acids is 2. The summed E-state index contributed by atoms with van der Waals surface area (Å²) in [7, 11) is -3.32. The van der Waals surface area contributed by atoms with Crippen molar-refractivity contribution in [2.24, 2.45) is 0 Å². The first-order valence-electron chi connectivity index (χ1n) is 7.57. The van der Waals surface area contributed by atoms with Crippen LogP contribution in [-0.4, -0.2) is 27.7 Å². The molecule has 0 spiro atoms. The monoisotopic (exact) mass is 306 g/mol. The smallest absolute Gasteiger partial charge is 0.177 e. The Hall–Kier alpha value is -0.746. The summed E-state index contributed by atoms with van der Waals surface area (Å²) < 4.78 is 0. The van der Waals surface area contributed by atoms with Gasteiger partial charge in [-0.2, -0.15) is 0 Å². The molecular formula is C16H26O2Si2. The molecule has 1 fully saturated rings. The lowest BCUT2D eigenvalue weighted by atomic mass is 10.1. The van der Waals surface area contributed by atoms with E-state index in [1.54, 1.807) is 0 Å². The molecule has 0 aromatic carbocycles. The molecule has 0 atom stereocenters. The third kappa shape index (κ3) is 2.68. The second kappa shape index (κ2) is 4.91. The molecule has 110 valence electrons. The van der Waals surface area contributed by atoms with E-state index in [4.69, 9.17) is 0 Å². The molecule has 1 saturated carbocycles. The predicted molar refractivity (Wildman–Crippen MR) is 89.2 cm³/mol. The summed E-state index contributed by atoms with van der Waals surface area (Å²) in [5, 5.41) is 2.25. The number of Topliss-reactive ketones (excluding diaryl/α,β-unsaturated/α-hetero) is 2. The molecule has 0 heterocycles. The molecule has 0 amide bonds. The minimum Gasteiger partial charge on any atom is -0.300 e. The molecule has 0 aromatic rings. The van der Waals surface area contributed by atoms with Crippen LogP contribution in [0.1, 0.15) is 25.7 Å². The Labute approximate surface area is 124 Å². The first-order chi connectivity index (χ1) is 9.03. The van der Waals surface area contributed by atoms with Crippen molar-refractivity contribution in [1.29, 1.82) is 0 Å². The Morgan fingerprint density at radius 3 is 1.30 bits per heavy atom. The highest BCUT2D eigenvalue weighted by Crippen LogP contribution is 2.43. The van der Waals surface area contributed by atoms with Crippen molar-refractivity contribution in [1.82, 2.24) is 0 Å². The number of carbonyl (C=O) groups is 2. The van der Waals surface area contributed by atoms with E-state index in [0.29, 0.717) is 24.4 Å². The van der Waals surface area contributed by atoms with Gasteiger partial charge in [-0.1, -0.05) is 39.3 Å². The number of rotatable bonds is 2. The molecule has 0 saturated heterocycles. The summed E-state index contributed by atoms with van der Waals surface area (Å²) >= 11 is 0. The minimum atomic E-state index is -1.66. The first kappa shape index (κ1) is 15.6. The second-order valence-electron chi connectivity index (χ2n) is 8.07. The SMILES string of the molecule is C[Si](C)(C)C1=C2CCC(=O)CCC2=C([Si](C)(C)C)C1=O. The summed E-state index contributed by atoms with van der Waals surface area (Å²) in [6, 6.07) is 0. The quantitative estimate of drug-likeness (QED) is 0.721. The molecule has 20 heavy (non-hydrogen) atoms. The molecule has 4 heteroatoms. The number of fused-ring (bicyclic) bond motifs is 1. The number of allylic oxidation sites excluding steroid dienone is 4. The molecule has 2 aliphatic carbocycles. The van der Waals surface area contributed by atoms with Crippen molar-refractivity contribution in [2.45, 2.75) is 65.0 Å². The van der Waals surface area contributed by atoms with Crippen molar-refractivity contribution < 1.29 is 9.59 Å². The Morgan fingerprint density at radius 2 is 1.00 bits per heavy atom. The second-order valence-corrected chi connectivity index (χ2v) is 18.1. The van der Waals surface area contributed by atoms with Crippen molar-refractivity contribution >= 4 is 27.7 Å². The predicted octanol–water partition coefficient (Wildman–Crippen LogP) is 4.06. The summed E-state index contributed by atoms with van der Waals surface area (Å²) in [6.45, 7) is 13.5.